The molecule has 5 nitrogen and oxygen atoms in total. The zero-order valence-electron chi connectivity index (χ0n) is 11.9. The number of aliphatic hydroxyl groups is 1. The molecule has 0 unspecified atom stereocenters. The Morgan fingerprint density at radius 1 is 1.40 bits per heavy atom. The van der Waals surface area contributed by atoms with Crippen LogP contribution in [0.1, 0.15) is 50.3 Å². The minimum atomic E-state index is -0.745. The van der Waals surface area contributed by atoms with Crippen LogP contribution < -0.4 is 10.6 Å². The third kappa shape index (κ3) is 4.45. The molecule has 1 aliphatic carbocycles. The molecular weight excluding hydrogens is 274 g/mol. The molecule has 0 bridgehead atoms. The van der Waals surface area contributed by atoms with E-state index in [1.54, 1.807) is 6.20 Å². The Morgan fingerprint density at radius 3 is 2.70 bits per heavy atom. The van der Waals surface area contributed by atoms with E-state index in [2.05, 4.69) is 22.5 Å². The maximum Gasteiger partial charge on any atom is 0.321 e. The number of hydrogen-bond acceptors (Lipinski definition) is 4. The van der Waals surface area contributed by atoms with Gasteiger partial charge in [0.1, 0.15) is 0 Å². The number of anilines is 1. The van der Waals surface area contributed by atoms with Gasteiger partial charge < -0.3 is 10.4 Å². The summed E-state index contributed by atoms with van der Waals surface area (Å²) in [5.41, 5.74) is -0.745. The number of carbonyl (C=O) groups is 1. The van der Waals surface area contributed by atoms with Crippen molar-refractivity contribution in [2.75, 3.05) is 11.9 Å². The van der Waals surface area contributed by atoms with Crippen molar-refractivity contribution < 1.29 is 9.90 Å². The molecule has 1 aromatic heterocycles. The standard InChI is InChI=1S/C14H23N3O2S/c1-2-11-9-15-13(20-11)17-12(18)16-10-14(19)7-5-3-4-6-8-14/h9,19H,2-8,10H2,1H3,(H2,15,16,17,18). The van der Waals surface area contributed by atoms with E-state index in [4.69, 9.17) is 0 Å². The zero-order chi connectivity index (χ0) is 14.4. The Balaban J connectivity index is 1.79. The van der Waals surface area contributed by atoms with Gasteiger partial charge in [-0.15, -0.1) is 11.3 Å². The Morgan fingerprint density at radius 2 is 2.10 bits per heavy atom. The summed E-state index contributed by atoms with van der Waals surface area (Å²) < 4.78 is 0. The predicted octanol–water partition coefficient (Wildman–Crippen LogP) is 2.91. The third-order valence-electron chi connectivity index (χ3n) is 3.73. The lowest BCUT2D eigenvalue weighted by Gasteiger charge is -2.26. The number of aromatic nitrogens is 1. The average Bonchev–Trinajstić information content (AvgIpc) is 2.77. The summed E-state index contributed by atoms with van der Waals surface area (Å²) >= 11 is 1.48. The van der Waals surface area contributed by atoms with Gasteiger partial charge in [0, 0.05) is 17.6 Å². The van der Waals surface area contributed by atoms with E-state index < -0.39 is 5.60 Å². The highest BCUT2D eigenvalue weighted by Gasteiger charge is 2.28. The molecule has 2 amide bonds. The number of urea groups is 1. The number of aryl methyl sites for hydroxylation is 1. The molecule has 1 heterocycles. The maximum atomic E-state index is 11.8. The molecule has 0 spiro atoms. The lowest BCUT2D eigenvalue weighted by Crippen LogP contribution is -2.44. The first-order chi connectivity index (χ1) is 9.61. The van der Waals surface area contributed by atoms with Crippen molar-refractivity contribution in [2.45, 2.75) is 57.5 Å². The van der Waals surface area contributed by atoms with Crippen molar-refractivity contribution in [1.82, 2.24) is 10.3 Å². The van der Waals surface area contributed by atoms with Crippen molar-refractivity contribution in [2.24, 2.45) is 0 Å². The summed E-state index contributed by atoms with van der Waals surface area (Å²) in [6, 6.07) is -0.292. The summed E-state index contributed by atoms with van der Waals surface area (Å²) in [7, 11) is 0. The molecule has 3 N–H and O–H groups in total. The molecule has 0 saturated heterocycles. The van der Waals surface area contributed by atoms with E-state index in [-0.39, 0.29) is 6.03 Å². The Kier molecular flexibility index (Phi) is 5.37. The van der Waals surface area contributed by atoms with Crippen LogP contribution in [0.25, 0.3) is 0 Å². The molecule has 1 aliphatic rings. The molecule has 112 valence electrons. The normalized spacial score (nSPS) is 18.3. The summed E-state index contributed by atoms with van der Waals surface area (Å²) in [5.74, 6) is 0. The van der Waals surface area contributed by atoms with Crippen molar-refractivity contribution >= 4 is 22.5 Å². The molecular formula is C14H23N3O2S. The molecule has 1 fully saturated rings. The van der Waals surface area contributed by atoms with Crippen LogP contribution in [-0.2, 0) is 6.42 Å². The van der Waals surface area contributed by atoms with Gasteiger partial charge in [-0.3, -0.25) is 5.32 Å². The first-order valence-electron chi connectivity index (χ1n) is 7.33. The average molecular weight is 297 g/mol. The van der Waals surface area contributed by atoms with Crippen LogP contribution >= 0.6 is 11.3 Å². The smallest absolute Gasteiger partial charge is 0.321 e. The van der Waals surface area contributed by atoms with Crippen LogP contribution in [-0.4, -0.2) is 28.3 Å². The first-order valence-corrected chi connectivity index (χ1v) is 8.15. The lowest BCUT2D eigenvalue weighted by atomic mass is 9.95. The van der Waals surface area contributed by atoms with Gasteiger partial charge in [0.25, 0.3) is 0 Å². The maximum absolute atomic E-state index is 11.8. The fourth-order valence-corrected chi connectivity index (χ4v) is 3.23. The number of amides is 2. The molecule has 0 radical (unpaired) electrons. The van der Waals surface area contributed by atoms with Gasteiger partial charge >= 0.3 is 6.03 Å². The van der Waals surface area contributed by atoms with Gasteiger partial charge in [-0.1, -0.05) is 32.6 Å². The second kappa shape index (κ2) is 7.04. The topological polar surface area (TPSA) is 74.2 Å². The van der Waals surface area contributed by atoms with Crippen LogP contribution in [0.3, 0.4) is 0 Å². The van der Waals surface area contributed by atoms with E-state index in [0.29, 0.717) is 11.7 Å². The summed E-state index contributed by atoms with van der Waals surface area (Å²) in [6.07, 6.45) is 8.65. The van der Waals surface area contributed by atoms with Crippen molar-refractivity contribution in [1.29, 1.82) is 0 Å². The largest absolute Gasteiger partial charge is 0.388 e. The molecule has 0 aliphatic heterocycles. The second-order valence-corrected chi connectivity index (χ2v) is 6.55. The molecule has 20 heavy (non-hydrogen) atoms. The minimum absolute atomic E-state index is 0.292. The zero-order valence-corrected chi connectivity index (χ0v) is 12.8. The Hall–Kier alpha value is -1.14. The number of nitrogens with one attached hydrogen (secondary N) is 2. The number of thiazole rings is 1. The van der Waals surface area contributed by atoms with Gasteiger partial charge in [-0.2, -0.15) is 0 Å². The van der Waals surface area contributed by atoms with Gasteiger partial charge in [-0.05, 0) is 19.3 Å². The number of carbonyl (C=O) groups excluding carboxylic acids is 1. The molecule has 1 saturated carbocycles. The fraction of sp³-hybridized carbons (Fsp3) is 0.714. The molecule has 2 rings (SSSR count). The van der Waals surface area contributed by atoms with Crippen molar-refractivity contribution in [3.63, 3.8) is 0 Å². The minimum Gasteiger partial charge on any atom is -0.388 e. The van der Waals surface area contributed by atoms with E-state index in [1.165, 1.54) is 24.2 Å². The monoisotopic (exact) mass is 297 g/mol. The van der Waals surface area contributed by atoms with Crippen LogP contribution in [0.2, 0.25) is 0 Å². The molecule has 0 atom stereocenters. The van der Waals surface area contributed by atoms with E-state index in [9.17, 15) is 9.90 Å². The fourth-order valence-electron chi connectivity index (χ4n) is 2.48. The van der Waals surface area contributed by atoms with Crippen LogP contribution in [0.5, 0.6) is 0 Å². The molecule has 0 aromatic carbocycles. The lowest BCUT2D eigenvalue weighted by molar-refractivity contribution is 0.0281. The molecule has 1 aromatic rings. The number of rotatable bonds is 4. The third-order valence-corrected chi connectivity index (χ3v) is 4.79. The number of nitrogens with zero attached hydrogens (tertiary/aromatic N) is 1. The van der Waals surface area contributed by atoms with Crippen LogP contribution in [0.15, 0.2) is 6.20 Å². The van der Waals surface area contributed by atoms with Gasteiger partial charge in [-0.25, -0.2) is 9.78 Å². The van der Waals surface area contributed by atoms with Gasteiger partial charge in [0.15, 0.2) is 5.13 Å². The second-order valence-electron chi connectivity index (χ2n) is 5.43. The predicted molar refractivity (Wildman–Crippen MR) is 81.2 cm³/mol. The summed E-state index contributed by atoms with van der Waals surface area (Å²) in [5, 5.41) is 16.5. The highest BCUT2D eigenvalue weighted by atomic mass is 32.1. The van der Waals surface area contributed by atoms with Crippen LogP contribution in [0, 0.1) is 0 Å². The molecule has 6 heteroatoms. The Labute approximate surface area is 123 Å². The summed E-state index contributed by atoms with van der Waals surface area (Å²) in [4.78, 5) is 17.1. The highest BCUT2D eigenvalue weighted by molar-refractivity contribution is 7.15. The SMILES string of the molecule is CCc1cnc(NC(=O)NCC2(O)CCCCCC2)s1. The van der Waals surface area contributed by atoms with E-state index in [0.717, 1.165) is 37.0 Å². The van der Waals surface area contributed by atoms with Crippen molar-refractivity contribution in [3.8, 4) is 0 Å². The quantitative estimate of drug-likeness (QED) is 0.748. The van der Waals surface area contributed by atoms with Crippen molar-refractivity contribution in [3.05, 3.63) is 11.1 Å². The summed E-state index contributed by atoms with van der Waals surface area (Å²) in [6.45, 7) is 2.36. The van der Waals surface area contributed by atoms with Gasteiger partial charge in [0.05, 0.1) is 5.60 Å². The number of hydrogen-bond donors (Lipinski definition) is 3. The first kappa shape index (κ1) is 15.3. The van der Waals surface area contributed by atoms with Crippen LogP contribution in [0.4, 0.5) is 9.93 Å². The van der Waals surface area contributed by atoms with Gasteiger partial charge in [0.2, 0.25) is 0 Å². The van der Waals surface area contributed by atoms with E-state index >= 15 is 0 Å². The van der Waals surface area contributed by atoms with E-state index in [1.807, 2.05) is 0 Å². The highest BCUT2D eigenvalue weighted by Crippen LogP contribution is 2.26. The Bertz CT molecular complexity index is 439.